The van der Waals surface area contributed by atoms with Gasteiger partial charge in [-0.15, -0.1) is 21.5 Å². The summed E-state index contributed by atoms with van der Waals surface area (Å²) >= 11 is 2.58. The van der Waals surface area contributed by atoms with Gasteiger partial charge in [-0.1, -0.05) is 18.7 Å². The fourth-order valence-corrected chi connectivity index (χ4v) is 5.32. The number of aryl methyl sites for hydroxylation is 1. The number of anilines is 2. The predicted molar refractivity (Wildman–Crippen MR) is 108 cm³/mol. The van der Waals surface area contributed by atoms with E-state index in [0.29, 0.717) is 22.1 Å². The Kier molecular flexibility index (Phi) is 6.21. The third-order valence-corrected chi connectivity index (χ3v) is 6.63. The van der Waals surface area contributed by atoms with Crippen molar-refractivity contribution in [1.82, 2.24) is 14.8 Å². The number of thiophene rings is 1. The smallest absolute Gasteiger partial charge is 0.251 e. The van der Waals surface area contributed by atoms with Crippen molar-refractivity contribution >= 4 is 45.9 Å². The van der Waals surface area contributed by atoms with Gasteiger partial charge in [0.1, 0.15) is 11.0 Å². The Labute approximate surface area is 170 Å². The molecule has 148 valence electrons. The van der Waals surface area contributed by atoms with Crippen molar-refractivity contribution in [3.63, 3.8) is 0 Å². The average molecular weight is 420 g/mol. The highest BCUT2D eigenvalue weighted by Gasteiger charge is 2.29. The average Bonchev–Trinajstić information content (AvgIpc) is 3.21. The van der Waals surface area contributed by atoms with E-state index in [2.05, 4.69) is 15.5 Å². The largest absolute Gasteiger partial charge is 0.368 e. The molecule has 2 amide bonds. The highest BCUT2D eigenvalue weighted by atomic mass is 32.2. The van der Waals surface area contributed by atoms with Crippen molar-refractivity contribution in [1.29, 1.82) is 5.26 Å². The van der Waals surface area contributed by atoms with E-state index in [1.54, 1.807) is 0 Å². The molecule has 1 unspecified atom stereocenters. The molecule has 9 nitrogen and oxygen atoms in total. The molecule has 0 fully saturated rings. The number of amides is 2. The first-order valence-electron chi connectivity index (χ1n) is 8.93. The Bertz CT molecular complexity index is 944. The van der Waals surface area contributed by atoms with Gasteiger partial charge in [-0.25, -0.2) is 0 Å². The van der Waals surface area contributed by atoms with Gasteiger partial charge in [0.05, 0.1) is 17.4 Å². The molecule has 3 rings (SSSR count). The van der Waals surface area contributed by atoms with E-state index in [-0.39, 0.29) is 17.6 Å². The number of carbonyl (C=O) groups is 2. The highest BCUT2D eigenvalue weighted by molar-refractivity contribution is 7.99. The number of carbonyl (C=O) groups excluding carboxylic acids is 2. The SMILES string of the molecule is CCC(C(=O)Nc1sc2c(c1C(N)=O)CCCC2)n1c(N)nnc1SCC#N. The van der Waals surface area contributed by atoms with E-state index in [0.717, 1.165) is 47.9 Å². The maximum Gasteiger partial charge on any atom is 0.251 e. The molecule has 2 heterocycles. The molecule has 0 bridgehead atoms. The van der Waals surface area contributed by atoms with Gasteiger partial charge in [0.25, 0.3) is 5.91 Å². The highest BCUT2D eigenvalue weighted by Crippen LogP contribution is 2.38. The van der Waals surface area contributed by atoms with Crippen LogP contribution in [0.5, 0.6) is 0 Å². The Morgan fingerprint density at radius 3 is 2.82 bits per heavy atom. The van der Waals surface area contributed by atoms with Crippen LogP contribution in [-0.4, -0.2) is 32.3 Å². The van der Waals surface area contributed by atoms with Gasteiger partial charge in [0, 0.05) is 4.88 Å². The number of thioether (sulfide) groups is 1. The molecule has 2 aromatic rings. The summed E-state index contributed by atoms with van der Waals surface area (Å²) in [5, 5.41) is 20.4. The number of nitrogens with two attached hydrogens (primary N) is 2. The minimum atomic E-state index is -0.670. The van der Waals surface area contributed by atoms with Gasteiger partial charge in [-0.2, -0.15) is 5.26 Å². The predicted octanol–water partition coefficient (Wildman–Crippen LogP) is 2.10. The van der Waals surface area contributed by atoms with E-state index < -0.39 is 11.9 Å². The molecule has 1 atom stereocenters. The molecule has 2 aromatic heterocycles. The lowest BCUT2D eigenvalue weighted by molar-refractivity contribution is -0.119. The normalized spacial score (nSPS) is 14.1. The summed E-state index contributed by atoms with van der Waals surface area (Å²) in [5.41, 5.74) is 12.9. The van der Waals surface area contributed by atoms with Gasteiger partial charge in [0.2, 0.25) is 11.9 Å². The number of hydrogen-bond donors (Lipinski definition) is 3. The standard InChI is InChI=1S/C17H21N7O2S2/c1-2-10(24-16(20)22-23-17(24)27-8-7-18)14(26)21-15-12(13(19)25)9-5-3-4-6-11(9)28-15/h10H,2-6,8H2,1H3,(H2,19,25)(H2,20,22)(H,21,26). The monoisotopic (exact) mass is 419 g/mol. The van der Waals surface area contributed by atoms with E-state index in [1.807, 2.05) is 13.0 Å². The van der Waals surface area contributed by atoms with Gasteiger partial charge >= 0.3 is 0 Å². The molecule has 0 aromatic carbocycles. The second kappa shape index (κ2) is 8.62. The van der Waals surface area contributed by atoms with Crippen molar-refractivity contribution in [3.05, 3.63) is 16.0 Å². The topological polar surface area (TPSA) is 153 Å². The summed E-state index contributed by atoms with van der Waals surface area (Å²) in [5.74, 6) is -0.589. The number of nitriles is 1. The first-order valence-corrected chi connectivity index (χ1v) is 10.7. The lowest BCUT2D eigenvalue weighted by atomic mass is 9.95. The maximum atomic E-state index is 13.0. The lowest BCUT2D eigenvalue weighted by Crippen LogP contribution is -2.28. The zero-order valence-electron chi connectivity index (χ0n) is 15.4. The zero-order chi connectivity index (χ0) is 20.3. The second-order valence-corrected chi connectivity index (χ2v) is 8.40. The number of nitrogens with one attached hydrogen (secondary N) is 1. The van der Waals surface area contributed by atoms with E-state index in [1.165, 1.54) is 15.9 Å². The van der Waals surface area contributed by atoms with E-state index in [4.69, 9.17) is 16.7 Å². The van der Waals surface area contributed by atoms with Crippen LogP contribution in [0.25, 0.3) is 0 Å². The van der Waals surface area contributed by atoms with Crippen molar-refractivity contribution in [3.8, 4) is 6.07 Å². The van der Waals surface area contributed by atoms with Crippen molar-refractivity contribution in [2.24, 2.45) is 5.73 Å². The fourth-order valence-electron chi connectivity index (χ4n) is 3.37. The summed E-state index contributed by atoms with van der Waals surface area (Å²) in [6, 6.07) is 1.35. The molecule has 1 aliphatic carbocycles. The van der Waals surface area contributed by atoms with Crippen LogP contribution in [0, 0.1) is 11.3 Å². The summed E-state index contributed by atoms with van der Waals surface area (Å²) < 4.78 is 1.52. The molecule has 1 aliphatic rings. The van der Waals surface area contributed by atoms with Gasteiger partial charge in [-0.3, -0.25) is 14.2 Å². The van der Waals surface area contributed by atoms with Gasteiger partial charge < -0.3 is 16.8 Å². The number of hydrogen-bond acceptors (Lipinski definition) is 8. The minimum absolute atomic E-state index is 0.100. The number of aromatic nitrogens is 3. The number of nitrogen functional groups attached to an aromatic ring is 1. The Morgan fingerprint density at radius 1 is 1.39 bits per heavy atom. The summed E-state index contributed by atoms with van der Waals surface area (Å²) in [6.07, 6.45) is 4.19. The molecule has 0 aliphatic heterocycles. The van der Waals surface area contributed by atoms with Crippen LogP contribution in [0.2, 0.25) is 0 Å². The number of fused-ring (bicyclic) bond motifs is 1. The van der Waals surface area contributed by atoms with E-state index >= 15 is 0 Å². The number of rotatable bonds is 7. The van der Waals surface area contributed by atoms with Crippen LogP contribution in [0.1, 0.15) is 53.0 Å². The third-order valence-electron chi connectivity index (χ3n) is 4.61. The Hall–Kier alpha value is -2.58. The third kappa shape index (κ3) is 3.83. The molecule has 0 radical (unpaired) electrons. The number of primary amides is 1. The first kappa shape index (κ1) is 20.2. The molecule has 0 saturated heterocycles. The number of nitrogens with zero attached hydrogens (tertiary/aromatic N) is 4. The van der Waals surface area contributed by atoms with Gasteiger partial charge in [-0.05, 0) is 37.7 Å². The zero-order valence-corrected chi connectivity index (χ0v) is 17.0. The lowest BCUT2D eigenvalue weighted by Gasteiger charge is -2.18. The molecular weight excluding hydrogens is 398 g/mol. The van der Waals surface area contributed by atoms with Crippen LogP contribution in [-0.2, 0) is 17.6 Å². The van der Waals surface area contributed by atoms with Crippen molar-refractivity contribution in [2.75, 3.05) is 16.8 Å². The summed E-state index contributed by atoms with van der Waals surface area (Å²) in [4.78, 5) is 26.2. The fraction of sp³-hybridized carbons (Fsp3) is 0.471. The summed E-state index contributed by atoms with van der Waals surface area (Å²) in [7, 11) is 0. The van der Waals surface area contributed by atoms with Crippen LogP contribution in [0.3, 0.4) is 0 Å². The Morgan fingerprint density at radius 2 is 2.14 bits per heavy atom. The quantitative estimate of drug-likeness (QED) is 0.581. The minimum Gasteiger partial charge on any atom is -0.368 e. The molecule has 5 N–H and O–H groups in total. The van der Waals surface area contributed by atoms with Crippen molar-refractivity contribution in [2.45, 2.75) is 50.2 Å². The molecule has 28 heavy (non-hydrogen) atoms. The summed E-state index contributed by atoms with van der Waals surface area (Å²) in [6.45, 7) is 1.84. The van der Waals surface area contributed by atoms with Crippen LogP contribution < -0.4 is 16.8 Å². The van der Waals surface area contributed by atoms with Crippen LogP contribution >= 0.6 is 23.1 Å². The molecular formula is C17H21N7O2S2. The molecule has 0 saturated carbocycles. The molecule has 11 heteroatoms. The van der Waals surface area contributed by atoms with Crippen molar-refractivity contribution < 1.29 is 9.59 Å². The van der Waals surface area contributed by atoms with E-state index in [9.17, 15) is 9.59 Å². The molecule has 0 spiro atoms. The van der Waals surface area contributed by atoms with Crippen LogP contribution in [0.15, 0.2) is 5.16 Å². The Balaban J connectivity index is 1.90. The van der Waals surface area contributed by atoms with Gasteiger partial charge in [0.15, 0.2) is 5.16 Å². The first-order chi connectivity index (χ1) is 13.5. The van der Waals surface area contributed by atoms with Crippen LogP contribution in [0.4, 0.5) is 10.9 Å². The maximum absolute atomic E-state index is 13.0. The second-order valence-electron chi connectivity index (χ2n) is 6.35.